The van der Waals surface area contributed by atoms with Gasteiger partial charge < -0.3 is 10.1 Å². The molecule has 0 unspecified atom stereocenters. The van der Waals surface area contributed by atoms with Crippen molar-refractivity contribution >= 4 is 17.7 Å². The molecule has 0 spiro atoms. The molecule has 0 aliphatic carbocycles. The second kappa shape index (κ2) is 8.39. The van der Waals surface area contributed by atoms with Crippen LogP contribution in [-0.2, 0) is 11.3 Å². The highest BCUT2D eigenvalue weighted by atomic mass is 16.5. The van der Waals surface area contributed by atoms with Gasteiger partial charge in [-0.25, -0.2) is 9.48 Å². The largest absolute Gasteiger partial charge is 0.453 e. The number of nitrogens with zero attached hydrogens (tertiary/aromatic N) is 2. The number of rotatable bonds is 5. The molecule has 0 saturated carbocycles. The molecule has 2 aromatic carbocycles. The molecular formula is C21H22N4O3. The minimum Gasteiger partial charge on any atom is -0.453 e. The average Bonchev–Trinajstić information content (AvgIpc) is 3.05. The molecule has 2 N–H and O–H groups in total. The normalized spacial score (nSPS) is 10.4. The van der Waals surface area contributed by atoms with Gasteiger partial charge in [0.2, 0.25) is 0 Å². The average molecular weight is 378 g/mol. The van der Waals surface area contributed by atoms with Crippen molar-refractivity contribution in [1.82, 2.24) is 15.1 Å². The summed E-state index contributed by atoms with van der Waals surface area (Å²) >= 11 is 0. The summed E-state index contributed by atoms with van der Waals surface area (Å²) in [4.78, 5) is 23.6. The first-order valence-corrected chi connectivity index (χ1v) is 8.82. The zero-order valence-corrected chi connectivity index (χ0v) is 16.0. The molecule has 0 atom stereocenters. The van der Waals surface area contributed by atoms with Crippen LogP contribution in [0.25, 0.3) is 5.69 Å². The Morgan fingerprint density at radius 3 is 2.29 bits per heavy atom. The first kappa shape index (κ1) is 19.2. The number of benzene rings is 2. The molecule has 0 radical (unpaired) electrons. The highest BCUT2D eigenvalue weighted by Gasteiger charge is 2.08. The molecule has 28 heavy (non-hydrogen) atoms. The van der Waals surface area contributed by atoms with E-state index in [0.29, 0.717) is 17.8 Å². The molecule has 3 rings (SSSR count). The van der Waals surface area contributed by atoms with Crippen LogP contribution in [-0.4, -0.2) is 28.9 Å². The van der Waals surface area contributed by atoms with E-state index >= 15 is 0 Å². The molecule has 1 heterocycles. The van der Waals surface area contributed by atoms with Crippen LogP contribution in [0.4, 0.5) is 10.5 Å². The van der Waals surface area contributed by atoms with Gasteiger partial charge in [-0.15, -0.1) is 0 Å². The van der Waals surface area contributed by atoms with Gasteiger partial charge in [0.05, 0.1) is 18.5 Å². The minimum atomic E-state index is -0.523. The van der Waals surface area contributed by atoms with Gasteiger partial charge in [-0.3, -0.25) is 10.1 Å². The van der Waals surface area contributed by atoms with E-state index in [9.17, 15) is 9.59 Å². The fraction of sp³-hybridized carbons (Fsp3) is 0.190. The summed E-state index contributed by atoms with van der Waals surface area (Å²) in [6, 6.07) is 16.5. The quantitative estimate of drug-likeness (QED) is 0.710. The molecule has 7 heteroatoms. The SMILES string of the molecule is COC(=O)Nc1ccc(CNC(=O)c2ccc(-n3nc(C)cc3C)cc2)cc1. The number of methoxy groups -OCH3 is 1. The number of anilines is 1. The van der Waals surface area contributed by atoms with E-state index in [4.69, 9.17) is 0 Å². The number of hydrogen-bond acceptors (Lipinski definition) is 4. The Balaban J connectivity index is 1.59. The standard InChI is InChI=1S/C21H22N4O3/c1-14-12-15(2)25(24-14)19-10-6-17(7-11-19)20(26)22-13-16-4-8-18(9-5-16)23-21(27)28-3/h4-12H,13H2,1-3H3,(H,22,26)(H,23,27). The van der Waals surface area contributed by atoms with Crippen LogP contribution in [0.1, 0.15) is 27.3 Å². The molecule has 7 nitrogen and oxygen atoms in total. The predicted octanol–water partition coefficient (Wildman–Crippen LogP) is 3.60. The van der Waals surface area contributed by atoms with E-state index in [2.05, 4.69) is 20.5 Å². The topological polar surface area (TPSA) is 85.3 Å². The van der Waals surface area contributed by atoms with Crippen molar-refractivity contribution in [3.63, 3.8) is 0 Å². The second-order valence-electron chi connectivity index (χ2n) is 6.38. The molecule has 144 valence electrons. The molecule has 0 aliphatic heterocycles. The Hall–Kier alpha value is -3.61. The van der Waals surface area contributed by atoms with Crippen molar-refractivity contribution in [3.05, 3.63) is 77.1 Å². The summed E-state index contributed by atoms with van der Waals surface area (Å²) in [5.74, 6) is -0.156. The predicted molar refractivity (Wildman–Crippen MR) is 107 cm³/mol. The summed E-state index contributed by atoms with van der Waals surface area (Å²) in [7, 11) is 1.31. The third-order valence-corrected chi connectivity index (χ3v) is 4.22. The lowest BCUT2D eigenvalue weighted by atomic mass is 10.1. The van der Waals surface area contributed by atoms with Crippen molar-refractivity contribution in [3.8, 4) is 5.69 Å². The number of nitrogens with one attached hydrogen (secondary N) is 2. The maximum absolute atomic E-state index is 12.4. The van der Waals surface area contributed by atoms with Crippen molar-refractivity contribution in [2.24, 2.45) is 0 Å². The summed E-state index contributed by atoms with van der Waals surface area (Å²) in [5, 5.41) is 9.91. The Kier molecular flexibility index (Phi) is 5.74. The van der Waals surface area contributed by atoms with Crippen LogP contribution in [0.3, 0.4) is 0 Å². The van der Waals surface area contributed by atoms with Crippen LogP contribution < -0.4 is 10.6 Å². The maximum Gasteiger partial charge on any atom is 0.411 e. The number of ether oxygens (including phenoxy) is 1. The summed E-state index contributed by atoms with van der Waals surface area (Å²) < 4.78 is 6.39. The Morgan fingerprint density at radius 2 is 1.71 bits per heavy atom. The van der Waals surface area contributed by atoms with Gasteiger partial charge in [0.1, 0.15) is 0 Å². The monoisotopic (exact) mass is 378 g/mol. The number of amides is 2. The summed E-state index contributed by atoms with van der Waals surface area (Å²) in [6.07, 6.45) is -0.523. The lowest BCUT2D eigenvalue weighted by molar-refractivity contribution is 0.0951. The molecule has 0 aliphatic rings. The summed E-state index contributed by atoms with van der Waals surface area (Å²) in [5.41, 5.74) is 5.03. The lowest BCUT2D eigenvalue weighted by Crippen LogP contribution is -2.22. The van der Waals surface area contributed by atoms with Crippen molar-refractivity contribution in [2.45, 2.75) is 20.4 Å². The maximum atomic E-state index is 12.4. The molecule has 0 saturated heterocycles. The number of carbonyl (C=O) groups excluding carboxylic acids is 2. The molecule has 0 bridgehead atoms. The van der Waals surface area contributed by atoms with E-state index in [1.54, 1.807) is 24.3 Å². The van der Waals surface area contributed by atoms with Gasteiger partial charge in [0.15, 0.2) is 0 Å². The first-order chi connectivity index (χ1) is 13.5. The number of aromatic nitrogens is 2. The van der Waals surface area contributed by atoms with E-state index < -0.39 is 6.09 Å². The van der Waals surface area contributed by atoms with Crippen LogP contribution in [0.2, 0.25) is 0 Å². The van der Waals surface area contributed by atoms with E-state index in [0.717, 1.165) is 22.6 Å². The van der Waals surface area contributed by atoms with Crippen LogP contribution in [0, 0.1) is 13.8 Å². The first-order valence-electron chi connectivity index (χ1n) is 8.82. The Bertz CT molecular complexity index is 976. The molecule has 0 fully saturated rings. The molecular weight excluding hydrogens is 356 g/mol. The Morgan fingerprint density at radius 1 is 1.04 bits per heavy atom. The van der Waals surface area contributed by atoms with E-state index in [1.165, 1.54) is 7.11 Å². The van der Waals surface area contributed by atoms with Crippen molar-refractivity contribution in [1.29, 1.82) is 0 Å². The summed E-state index contributed by atoms with van der Waals surface area (Å²) in [6.45, 7) is 4.33. The van der Waals surface area contributed by atoms with Gasteiger partial charge in [-0.05, 0) is 61.9 Å². The third-order valence-electron chi connectivity index (χ3n) is 4.22. The molecule has 1 aromatic heterocycles. The van der Waals surface area contributed by atoms with Gasteiger partial charge in [-0.1, -0.05) is 12.1 Å². The zero-order chi connectivity index (χ0) is 20.1. The third kappa shape index (κ3) is 4.56. The second-order valence-corrected chi connectivity index (χ2v) is 6.38. The van der Waals surface area contributed by atoms with Crippen LogP contribution >= 0.6 is 0 Å². The Labute approximate surface area is 163 Å². The minimum absolute atomic E-state index is 0.156. The van der Waals surface area contributed by atoms with Crippen LogP contribution in [0.15, 0.2) is 54.6 Å². The van der Waals surface area contributed by atoms with E-state index in [-0.39, 0.29) is 5.91 Å². The number of aryl methyl sites for hydroxylation is 2. The fourth-order valence-corrected chi connectivity index (χ4v) is 2.80. The van der Waals surface area contributed by atoms with Crippen molar-refractivity contribution < 1.29 is 14.3 Å². The number of hydrogen-bond donors (Lipinski definition) is 2. The molecule has 3 aromatic rings. The van der Waals surface area contributed by atoms with Gasteiger partial charge in [0.25, 0.3) is 5.91 Å². The molecule has 2 amide bonds. The van der Waals surface area contributed by atoms with Crippen molar-refractivity contribution in [2.75, 3.05) is 12.4 Å². The van der Waals surface area contributed by atoms with Crippen LogP contribution in [0.5, 0.6) is 0 Å². The van der Waals surface area contributed by atoms with Gasteiger partial charge >= 0.3 is 6.09 Å². The smallest absolute Gasteiger partial charge is 0.411 e. The fourth-order valence-electron chi connectivity index (χ4n) is 2.80. The zero-order valence-electron chi connectivity index (χ0n) is 16.0. The van der Waals surface area contributed by atoms with E-state index in [1.807, 2.05) is 48.9 Å². The number of carbonyl (C=O) groups is 2. The van der Waals surface area contributed by atoms with Gasteiger partial charge in [0, 0.05) is 23.5 Å². The van der Waals surface area contributed by atoms with Gasteiger partial charge in [-0.2, -0.15) is 5.10 Å². The highest BCUT2D eigenvalue weighted by Crippen LogP contribution is 2.14. The lowest BCUT2D eigenvalue weighted by Gasteiger charge is -2.09. The highest BCUT2D eigenvalue weighted by molar-refractivity contribution is 5.94.